The molecule has 0 spiro atoms. The van der Waals surface area contributed by atoms with Crippen molar-refractivity contribution in [2.45, 2.75) is 13.3 Å². The van der Waals surface area contributed by atoms with E-state index in [0.717, 1.165) is 27.9 Å². The number of nitrogens with zero attached hydrogens (tertiary/aromatic N) is 3. The molecule has 0 saturated heterocycles. The van der Waals surface area contributed by atoms with Gasteiger partial charge in [0.15, 0.2) is 0 Å². The average molecular weight is 331 g/mol. The first-order chi connectivity index (χ1) is 11.1. The summed E-state index contributed by atoms with van der Waals surface area (Å²) in [6.45, 7) is 2.04. The summed E-state index contributed by atoms with van der Waals surface area (Å²) in [6, 6.07) is 5.59. The summed E-state index contributed by atoms with van der Waals surface area (Å²) in [5, 5.41) is 4.65. The highest BCUT2D eigenvalue weighted by molar-refractivity contribution is 7.99. The van der Waals surface area contributed by atoms with E-state index in [2.05, 4.69) is 14.9 Å². The number of aryl methyl sites for hydroxylation is 2. The summed E-state index contributed by atoms with van der Waals surface area (Å²) in [5.74, 6) is 0. The molecule has 2 heterocycles. The van der Waals surface area contributed by atoms with Crippen molar-refractivity contribution in [3.05, 3.63) is 50.8 Å². The minimum absolute atomic E-state index is 0.371. The third-order valence-corrected chi connectivity index (χ3v) is 4.15. The third-order valence-electron chi connectivity index (χ3n) is 3.78. The van der Waals surface area contributed by atoms with Gasteiger partial charge in [0.05, 0.1) is 16.6 Å². The van der Waals surface area contributed by atoms with Crippen LogP contribution in [-0.4, -0.2) is 25.7 Å². The largest absolute Gasteiger partial charge is 0.348 e. The van der Waals surface area contributed by atoms with Crippen LogP contribution in [0.1, 0.15) is 12.5 Å². The van der Waals surface area contributed by atoms with Crippen molar-refractivity contribution in [2.75, 3.05) is 11.1 Å². The number of fused-ring (bicyclic) bond motifs is 1. The Balaban J connectivity index is 2.37. The maximum absolute atomic E-state index is 12.6. The molecule has 0 fully saturated rings. The summed E-state index contributed by atoms with van der Waals surface area (Å²) in [6.07, 6.45) is 4.25. The average Bonchev–Trinajstić information content (AvgIpc) is 2.96. The number of H-pyrrole nitrogens is 1. The fourth-order valence-electron chi connectivity index (χ4n) is 2.65. The smallest absolute Gasteiger partial charge is 0.305 e. The van der Waals surface area contributed by atoms with Crippen LogP contribution in [0, 0.1) is 0 Å². The second-order valence-corrected chi connectivity index (χ2v) is 5.71. The zero-order valence-corrected chi connectivity index (χ0v) is 13.9. The van der Waals surface area contributed by atoms with Crippen LogP contribution in [0.4, 0.5) is 0 Å². The van der Waals surface area contributed by atoms with Gasteiger partial charge in [0.2, 0.25) is 0 Å². The molecular formula is C15H17N5O2S. The van der Waals surface area contributed by atoms with Gasteiger partial charge >= 0.3 is 5.69 Å². The van der Waals surface area contributed by atoms with E-state index < -0.39 is 5.69 Å². The lowest BCUT2D eigenvalue weighted by Gasteiger charge is -2.12. The quantitative estimate of drug-likeness (QED) is 0.707. The highest BCUT2D eigenvalue weighted by Gasteiger charge is 2.14. The van der Waals surface area contributed by atoms with Crippen molar-refractivity contribution < 1.29 is 0 Å². The first kappa shape index (κ1) is 15.4. The van der Waals surface area contributed by atoms with Crippen molar-refractivity contribution in [3.63, 3.8) is 0 Å². The van der Waals surface area contributed by atoms with E-state index in [1.165, 1.54) is 11.9 Å². The number of rotatable bonds is 4. The van der Waals surface area contributed by atoms with Gasteiger partial charge < -0.3 is 4.98 Å². The van der Waals surface area contributed by atoms with Gasteiger partial charge in [0, 0.05) is 25.1 Å². The fraction of sp³-hybridized carbons (Fsp3) is 0.267. The molecule has 0 unspecified atom stereocenters. The van der Waals surface area contributed by atoms with Crippen LogP contribution in [-0.2, 0) is 13.5 Å². The van der Waals surface area contributed by atoms with Gasteiger partial charge in [-0.2, -0.15) is 9.77 Å². The fourth-order valence-corrected chi connectivity index (χ4v) is 3.00. The molecule has 120 valence electrons. The molecule has 2 aromatic heterocycles. The standard InChI is InChI=1S/C15H17N5O2S/c1-4-9-7-12-11(8-10(9)13-5-6-16-19(13)2)14(21)20(18-23-3)15(22)17-12/h5-8,18H,4H2,1-3H3,(H,17,22). The molecule has 23 heavy (non-hydrogen) atoms. The number of hydrogen-bond donors (Lipinski definition) is 2. The van der Waals surface area contributed by atoms with Crippen molar-refractivity contribution in [1.29, 1.82) is 0 Å². The molecule has 0 bridgehead atoms. The van der Waals surface area contributed by atoms with Gasteiger partial charge in [0.25, 0.3) is 5.56 Å². The molecule has 7 nitrogen and oxygen atoms in total. The molecule has 8 heteroatoms. The molecule has 0 aliphatic rings. The monoisotopic (exact) mass is 331 g/mol. The van der Waals surface area contributed by atoms with Crippen LogP contribution in [0.2, 0.25) is 0 Å². The minimum Gasteiger partial charge on any atom is -0.305 e. The van der Waals surface area contributed by atoms with Crippen molar-refractivity contribution in [1.82, 2.24) is 19.4 Å². The van der Waals surface area contributed by atoms with Crippen LogP contribution >= 0.6 is 11.9 Å². The van der Waals surface area contributed by atoms with Crippen molar-refractivity contribution >= 4 is 22.9 Å². The Morgan fingerprint density at radius 3 is 2.74 bits per heavy atom. The second kappa shape index (κ2) is 5.96. The Morgan fingerprint density at radius 2 is 2.13 bits per heavy atom. The van der Waals surface area contributed by atoms with Crippen LogP contribution in [0.5, 0.6) is 0 Å². The predicted molar refractivity (Wildman–Crippen MR) is 93.3 cm³/mol. The summed E-state index contributed by atoms with van der Waals surface area (Å²) < 4.78 is 2.75. The Kier molecular flexibility index (Phi) is 3.99. The Bertz CT molecular complexity index is 986. The third kappa shape index (κ3) is 2.55. The second-order valence-electron chi connectivity index (χ2n) is 5.11. The van der Waals surface area contributed by atoms with Crippen molar-refractivity contribution in [2.24, 2.45) is 7.05 Å². The molecule has 2 N–H and O–H groups in total. The van der Waals surface area contributed by atoms with Crippen LogP contribution in [0.15, 0.2) is 34.0 Å². The van der Waals surface area contributed by atoms with E-state index in [1.54, 1.807) is 17.1 Å². The van der Waals surface area contributed by atoms with Gasteiger partial charge in [0.1, 0.15) is 0 Å². The highest BCUT2D eigenvalue weighted by atomic mass is 32.2. The minimum atomic E-state index is -0.479. The number of aromatic amines is 1. The van der Waals surface area contributed by atoms with Crippen LogP contribution in [0.3, 0.4) is 0 Å². The number of benzene rings is 1. The Morgan fingerprint density at radius 1 is 1.35 bits per heavy atom. The van der Waals surface area contributed by atoms with Gasteiger partial charge in [-0.15, -0.1) is 0 Å². The lowest BCUT2D eigenvalue weighted by atomic mass is 10.00. The molecule has 0 atom stereocenters. The summed E-state index contributed by atoms with van der Waals surface area (Å²) in [4.78, 5) is 30.1. The molecule has 0 radical (unpaired) electrons. The maximum atomic E-state index is 12.6. The number of hydrogen-bond acceptors (Lipinski definition) is 5. The van der Waals surface area contributed by atoms with Gasteiger partial charge in [-0.05, 0) is 42.1 Å². The summed E-state index contributed by atoms with van der Waals surface area (Å²) >= 11 is 1.18. The molecular weight excluding hydrogens is 314 g/mol. The molecule has 0 amide bonds. The number of aromatic nitrogens is 4. The molecule has 0 aliphatic heterocycles. The number of nitrogens with one attached hydrogen (secondary N) is 2. The molecule has 0 aliphatic carbocycles. The van der Waals surface area contributed by atoms with Crippen LogP contribution in [0.25, 0.3) is 22.2 Å². The molecule has 3 aromatic rings. The van der Waals surface area contributed by atoms with E-state index in [1.807, 2.05) is 32.2 Å². The summed E-state index contributed by atoms with van der Waals surface area (Å²) in [5.41, 5.74) is 2.61. The first-order valence-corrected chi connectivity index (χ1v) is 8.38. The van der Waals surface area contributed by atoms with E-state index in [9.17, 15) is 9.59 Å². The van der Waals surface area contributed by atoms with Gasteiger partial charge in [-0.3, -0.25) is 14.3 Å². The highest BCUT2D eigenvalue weighted by Crippen LogP contribution is 2.26. The van der Waals surface area contributed by atoms with Crippen LogP contribution < -0.4 is 16.1 Å². The van der Waals surface area contributed by atoms with E-state index >= 15 is 0 Å². The molecule has 1 aromatic carbocycles. The molecule has 3 rings (SSSR count). The lowest BCUT2D eigenvalue weighted by Crippen LogP contribution is -2.38. The first-order valence-electron chi connectivity index (χ1n) is 7.16. The Hall–Kier alpha value is -2.48. The lowest BCUT2D eigenvalue weighted by molar-refractivity contribution is 0.775. The summed E-state index contributed by atoms with van der Waals surface area (Å²) in [7, 11) is 1.86. The zero-order chi connectivity index (χ0) is 16.6. The van der Waals surface area contributed by atoms with E-state index in [-0.39, 0.29) is 5.56 Å². The SMILES string of the molecule is CCc1cc2[nH]c(=O)n(NSC)c(=O)c2cc1-c1ccnn1C. The normalized spacial score (nSPS) is 11.1. The maximum Gasteiger partial charge on any atom is 0.348 e. The molecule has 0 saturated carbocycles. The topological polar surface area (TPSA) is 84.7 Å². The predicted octanol–water partition coefficient (Wildman–Crippen LogP) is 1.47. The Labute approximate surface area is 136 Å². The zero-order valence-electron chi connectivity index (χ0n) is 13.1. The van der Waals surface area contributed by atoms with Crippen molar-refractivity contribution in [3.8, 4) is 11.3 Å². The van der Waals surface area contributed by atoms with E-state index in [4.69, 9.17) is 0 Å². The van der Waals surface area contributed by atoms with Gasteiger partial charge in [-0.25, -0.2) is 4.79 Å². The van der Waals surface area contributed by atoms with E-state index in [0.29, 0.717) is 10.9 Å². The van der Waals surface area contributed by atoms with Gasteiger partial charge in [-0.1, -0.05) is 6.92 Å².